The highest BCUT2D eigenvalue weighted by atomic mass is 19.3. The number of ether oxygens (including phenoxy) is 4. The maximum atomic E-state index is 12.5. The van der Waals surface area contributed by atoms with Crippen molar-refractivity contribution < 1.29 is 41.3 Å². The van der Waals surface area contributed by atoms with Crippen LogP contribution in [-0.4, -0.2) is 38.5 Å². The van der Waals surface area contributed by atoms with E-state index < -0.39 is 24.9 Å². The Balaban J connectivity index is 1.98. The van der Waals surface area contributed by atoms with Crippen molar-refractivity contribution in [2.75, 3.05) is 13.2 Å². The number of hydrogen-bond acceptors (Lipinski definition) is 5. The summed E-state index contributed by atoms with van der Waals surface area (Å²) < 4.78 is 68.2. The van der Waals surface area contributed by atoms with Crippen LogP contribution in [0.2, 0.25) is 0 Å². The van der Waals surface area contributed by atoms with E-state index in [9.17, 15) is 22.4 Å². The summed E-state index contributed by atoms with van der Waals surface area (Å²) in [4.78, 5) is 11.7. The molecule has 1 aromatic carbocycles. The third-order valence-corrected chi connectivity index (χ3v) is 3.51. The van der Waals surface area contributed by atoms with Crippen LogP contribution < -0.4 is 9.47 Å². The zero-order valence-electron chi connectivity index (χ0n) is 13.7. The maximum Gasteiger partial charge on any atom is 0.387 e. The van der Waals surface area contributed by atoms with Crippen molar-refractivity contribution in [1.29, 1.82) is 0 Å². The summed E-state index contributed by atoms with van der Waals surface area (Å²) in [6.07, 6.45) is 4.85. The first-order chi connectivity index (χ1) is 12.4. The molecular weight excluding hydrogens is 360 g/mol. The molecule has 1 aliphatic rings. The quantitative estimate of drug-likeness (QED) is 0.389. The van der Waals surface area contributed by atoms with Crippen LogP contribution in [0.3, 0.4) is 0 Å². The minimum Gasteiger partial charge on any atom is -0.460 e. The van der Waals surface area contributed by atoms with E-state index in [1.54, 1.807) is 0 Å². The predicted molar refractivity (Wildman–Crippen MR) is 83.3 cm³/mol. The summed E-state index contributed by atoms with van der Waals surface area (Å²) in [5.74, 6) is -1.43. The lowest BCUT2D eigenvalue weighted by molar-refractivity contribution is -0.143. The standard InChI is InChI=1S/C17H18F4O5/c18-16(19)25-12-6-4-11(14(9-12)26-17(20)21)5-7-15(22)24-10-13-3-1-2-8-23-13/h4-7,9,13,16-17H,1-3,8,10H2/b7-5+. The van der Waals surface area contributed by atoms with Crippen molar-refractivity contribution in [2.45, 2.75) is 38.6 Å². The van der Waals surface area contributed by atoms with Crippen molar-refractivity contribution >= 4 is 12.0 Å². The number of carbonyl (C=O) groups excluding carboxylic acids is 1. The fraction of sp³-hybridized carbons (Fsp3) is 0.471. The number of hydrogen-bond donors (Lipinski definition) is 0. The minimum absolute atomic E-state index is 0.0813. The molecule has 1 fully saturated rings. The molecule has 0 bridgehead atoms. The van der Waals surface area contributed by atoms with Crippen LogP contribution >= 0.6 is 0 Å². The van der Waals surface area contributed by atoms with Crippen molar-refractivity contribution in [3.8, 4) is 11.5 Å². The van der Waals surface area contributed by atoms with E-state index in [-0.39, 0.29) is 24.0 Å². The molecule has 0 aliphatic carbocycles. The summed E-state index contributed by atoms with van der Waals surface area (Å²) in [5.41, 5.74) is 0.0813. The van der Waals surface area contributed by atoms with Crippen molar-refractivity contribution in [3.63, 3.8) is 0 Å². The minimum atomic E-state index is -3.17. The molecule has 26 heavy (non-hydrogen) atoms. The van der Waals surface area contributed by atoms with Crippen LogP contribution in [0.15, 0.2) is 24.3 Å². The molecule has 2 rings (SSSR count). The van der Waals surface area contributed by atoms with E-state index in [1.807, 2.05) is 0 Å². The third kappa shape index (κ3) is 6.91. The summed E-state index contributed by atoms with van der Waals surface area (Å²) in [5, 5.41) is 0. The number of benzene rings is 1. The molecule has 5 nitrogen and oxygen atoms in total. The summed E-state index contributed by atoms with van der Waals surface area (Å²) >= 11 is 0. The zero-order chi connectivity index (χ0) is 18.9. The third-order valence-electron chi connectivity index (χ3n) is 3.51. The van der Waals surface area contributed by atoms with Crippen LogP contribution in [0.1, 0.15) is 24.8 Å². The first kappa shape index (κ1) is 20.0. The van der Waals surface area contributed by atoms with Crippen molar-refractivity contribution in [2.24, 2.45) is 0 Å². The molecule has 144 valence electrons. The predicted octanol–water partition coefficient (Wildman–Crippen LogP) is 4.01. The van der Waals surface area contributed by atoms with Gasteiger partial charge in [-0.1, -0.05) is 0 Å². The largest absolute Gasteiger partial charge is 0.460 e. The van der Waals surface area contributed by atoms with Gasteiger partial charge in [-0.3, -0.25) is 0 Å². The Morgan fingerprint density at radius 2 is 1.96 bits per heavy atom. The highest BCUT2D eigenvalue weighted by Gasteiger charge is 2.16. The van der Waals surface area contributed by atoms with Gasteiger partial charge < -0.3 is 18.9 Å². The van der Waals surface area contributed by atoms with Gasteiger partial charge in [-0.25, -0.2) is 4.79 Å². The Morgan fingerprint density at radius 1 is 1.19 bits per heavy atom. The maximum absolute atomic E-state index is 12.5. The Hall–Kier alpha value is -2.29. The van der Waals surface area contributed by atoms with Gasteiger partial charge in [0.2, 0.25) is 0 Å². The molecule has 1 atom stereocenters. The second-order valence-electron chi connectivity index (χ2n) is 5.41. The average Bonchev–Trinajstić information content (AvgIpc) is 2.59. The van der Waals surface area contributed by atoms with Crippen molar-refractivity contribution in [3.05, 3.63) is 29.8 Å². The molecule has 1 aliphatic heterocycles. The van der Waals surface area contributed by atoms with Crippen LogP contribution in [0.5, 0.6) is 11.5 Å². The average molecular weight is 378 g/mol. The van der Waals surface area contributed by atoms with E-state index in [1.165, 1.54) is 12.1 Å². The summed E-state index contributed by atoms with van der Waals surface area (Å²) in [6, 6.07) is 3.24. The van der Waals surface area contributed by atoms with Gasteiger partial charge in [0.15, 0.2) is 0 Å². The second kappa shape index (κ2) is 10.0. The van der Waals surface area contributed by atoms with Gasteiger partial charge in [0.05, 0.1) is 6.10 Å². The molecule has 1 unspecified atom stereocenters. The van der Waals surface area contributed by atoms with E-state index in [2.05, 4.69) is 9.47 Å². The van der Waals surface area contributed by atoms with Crippen molar-refractivity contribution in [1.82, 2.24) is 0 Å². The zero-order valence-corrected chi connectivity index (χ0v) is 13.7. The molecule has 1 saturated heterocycles. The molecular formula is C17H18F4O5. The summed E-state index contributed by atoms with van der Waals surface area (Å²) in [6.45, 7) is -5.54. The highest BCUT2D eigenvalue weighted by molar-refractivity contribution is 5.87. The monoisotopic (exact) mass is 378 g/mol. The highest BCUT2D eigenvalue weighted by Crippen LogP contribution is 2.28. The Bertz CT molecular complexity index is 615. The van der Waals surface area contributed by atoms with Gasteiger partial charge in [0, 0.05) is 24.3 Å². The van der Waals surface area contributed by atoms with Gasteiger partial charge in [-0.15, -0.1) is 0 Å². The van der Waals surface area contributed by atoms with E-state index in [4.69, 9.17) is 9.47 Å². The first-order valence-corrected chi connectivity index (χ1v) is 7.94. The fourth-order valence-electron chi connectivity index (χ4n) is 2.35. The Morgan fingerprint density at radius 3 is 2.62 bits per heavy atom. The Labute approximate surface area is 147 Å². The van der Waals surface area contributed by atoms with Gasteiger partial charge >= 0.3 is 19.2 Å². The lowest BCUT2D eigenvalue weighted by Crippen LogP contribution is -2.25. The molecule has 0 N–H and O–H groups in total. The molecule has 0 amide bonds. The number of rotatable bonds is 8. The molecule has 0 radical (unpaired) electrons. The normalized spacial score (nSPS) is 17.7. The van der Waals surface area contributed by atoms with Gasteiger partial charge in [0.25, 0.3) is 0 Å². The van der Waals surface area contributed by atoms with Crippen LogP contribution in [0.25, 0.3) is 6.08 Å². The topological polar surface area (TPSA) is 54.0 Å². The van der Waals surface area contributed by atoms with E-state index in [0.717, 1.165) is 37.5 Å². The van der Waals surface area contributed by atoms with Crippen LogP contribution in [0, 0.1) is 0 Å². The van der Waals surface area contributed by atoms with Crippen LogP contribution in [0.4, 0.5) is 17.6 Å². The molecule has 1 heterocycles. The SMILES string of the molecule is O=C(/C=C/c1ccc(OC(F)F)cc1OC(F)F)OCC1CCCCO1. The van der Waals surface area contributed by atoms with Gasteiger partial charge in [-0.05, 0) is 37.5 Å². The number of carbonyl (C=O) groups is 1. The number of alkyl halides is 4. The lowest BCUT2D eigenvalue weighted by atomic mass is 10.1. The van der Waals surface area contributed by atoms with E-state index in [0.29, 0.717) is 6.61 Å². The fourth-order valence-corrected chi connectivity index (χ4v) is 2.35. The second-order valence-corrected chi connectivity index (χ2v) is 5.41. The molecule has 0 saturated carbocycles. The van der Waals surface area contributed by atoms with Gasteiger partial charge in [-0.2, -0.15) is 17.6 Å². The number of esters is 1. The van der Waals surface area contributed by atoms with Crippen LogP contribution in [-0.2, 0) is 14.3 Å². The van der Waals surface area contributed by atoms with E-state index >= 15 is 0 Å². The smallest absolute Gasteiger partial charge is 0.387 e. The Kier molecular flexibility index (Phi) is 7.71. The molecule has 1 aromatic rings. The lowest BCUT2D eigenvalue weighted by Gasteiger charge is -2.21. The van der Waals surface area contributed by atoms with Gasteiger partial charge in [0.1, 0.15) is 18.1 Å². The summed E-state index contributed by atoms with van der Waals surface area (Å²) in [7, 11) is 0. The molecule has 0 spiro atoms. The molecule has 9 heteroatoms. The molecule has 0 aromatic heterocycles. The number of halogens is 4. The first-order valence-electron chi connectivity index (χ1n) is 7.94.